The number of hydrogen-bond donors (Lipinski definition) is 0. The van der Waals surface area contributed by atoms with Gasteiger partial charge in [0, 0.05) is 5.41 Å². The van der Waals surface area contributed by atoms with Crippen LogP contribution in [0, 0.1) is 28.1 Å². The fraction of sp³-hybridized carbons (Fsp3) is 0.435. The molecule has 0 unspecified atom stereocenters. The third kappa shape index (κ3) is 17.1. The van der Waals surface area contributed by atoms with E-state index in [1.807, 2.05) is 18.2 Å². The van der Waals surface area contributed by atoms with Gasteiger partial charge in [-0.3, -0.25) is 0 Å². The second kappa shape index (κ2) is 21.7. The van der Waals surface area contributed by atoms with E-state index in [2.05, 4.69) is 178 Å². The molecule has 4 aromatic carbocycles. The van der Waals surface area contributed by atoms with E-state index in [1.165, 1.54) is 27.8 Å². The fourth-order valence-electron chi connectivity index (χ4n) is 4.21. The zero-order chi connectivity index (χ0) is 34.3. The highest BCUT2D eigenvalue weighted by Crippen LogP contribution is 2.31. The summed E-state index contributed by atoms with van der Waals surface area (Å²) in [5, 5.41) is 16.2. The first kappa shape index (κ1) is 48.3. The van der Waals surface area contributed by atoms with E-state index in [-0.39, 0.29) is 38.5 Å². The molecule has 2 heteroatoms. The van der Waals surface area contributed by atoms with Gasteiger partial charge in [0.25, 0.3) is 0 Å². The van der Waals surface area contributed by atoms with Crippen molar-refractivity contribution in [1.82, 2.24) is 0 Å². The molecule has 0 aliphatic heterocycles. The van der Waals surface area contributed by atoms with Crippen molar-refractivity contribution in [2.24, 2.45) is 5.41 Å². The summed E-state index contributed by atoms with van der Waals surface area (Å²) in [6, 6.07) is 44.4. The molecule has 0 saturated carbocycles. The molecule has 0 amide bonds. The molecule has 0 aliphatic rings. The molecule has 0 spiro atoms. The van der Waals surface area contributed by atoms with Gasteiger partial charge in [0.05, 0.1) is 12.1 Å². The minimum Gasteiger partial charge on any atom is -0.197 e. The molecule has 4 aromatic rings. The van der Waals surface area contributed by atoms with Crippen molar-refractivity contribution in [3.8, 4) is 12.1 Å². The van der Waals surface area contributed by atoms with Gasteiger partial charge in [0.1, 0.15) is 5.41 Å². The second-order valence-electron chi connectivity index (χ2n) is 14.8. The van der Waals surface area contributed by atoms with Gasteiger partial charge in [0.15, 0.2) is 0 Å². The maximum atomic E-state index is 8.12. The summed E-state index contributed by atoms with van der Waals surface area (Å²) in [6.07, 6.45) is 0. The predicted molar refractivity (Wildman–Crippen MR) is 215 cm³/mol. The monoisotopic (exact) mass is 649 g/mol. The van der Waals surface area contributed by atoms with Crippen LogP contribution in [0.1, 0.15) is 139 Å². The Labute approximate surface area is 297 Å². The zero-order valence-electron chi connectivity index (χ0n) is 29.9. The molecular formula is C46H68N2. The van der Waals surface area contributed by atoms with Crippen LogP contribution in [0.15, 0.2) is 115 Å². The SMILES string of the molecule is C.C.C.CC(C)(C#N)C#N.CC(C)(C)c1ccc(C(C)(C)C)cc1.CC(C)(c1ccccc1)c1ccccc1.CC(C)c1ccccc1. The van der Waals surface area contributed by atoms with Crippen LogP contribution in [0.25, 0.3) is 0 Å². The highest BCUT2D eigenvalue weighted by molar-refractivity contribution is 5.37. The summed E-state index contributed by atoms with van der Waals surface area (Å²) < 4.78 is 0. The van der Waals surface area contributed by atoms with Crippen molar-refractivity contribution in [3.63, 3.8) is 0 Å². The van der Waals surface area contributed by atoms with Gasteiger partial charge in [0.2, 0.25) is 0 Å². The Morgan fingerprint density at radius 2 is 0.688 bits per heavy atom. The van der Waals surface area contributed by atoms with Gasteiger partial charge in [-0.25, -0.2) is 0 Å². The lowest BCUT2D eigenvalue weighted by molar-refractivity contribution is 0.577. The predicted octanol–water partition coefficient (Wildman–Crippen LogP) is 14.1. The van der Waals surface area contributed by atoms with E-state index in [9.17, 15) is 0 Å². The Morgan fingerprint density at radius 1 is 0.417 bits per heavy atom. The van der Waals surface area contributed by atoms with Gasteiger partial charge in [-0.1, -0.05) is 207 Å². The first-order valence-corrected chi connectivity index (χ1v) is 15.9. The molecule has 0 aromatic heterocycles. The standard InChI is InChI=1S/C15H16.C14H22.C9H12.C5H6N2.3CH4/c1-15(2,13-9-5-3-6-10-13)14-11-7-4-8-12-14;1-13(2,3)11-7-9-12(10-8-11)14(4,5)6;1-8(2)9-6-4-3-5-7-9;1-5(2,3-6)4-7;;;/h3-12H,1-2H3;7-10H,1-6H3;3-8H,1-2H3;1-2H3;3*1H4. The molecule has 0 radical (unpaired) electrons. The third-order valence-electron chi connectivity index (χ3n) is 7.63. The molecule has 48 heavy (non-hydrogen) atoms. The van der Waals surface area contributed by atoms with Gasteiger partial charge in [-0.05, 0) is 58.4 Å². The average molecular weight is 649 g/mol. The normalized spacial score (nSPS) is 10.6. The summed E-state index contributed by atoms with van der Waals surface area (Å²) >= 11 is 0. The molecule has 4 rings (SSSR count). The largest absolute Gasteiger partial charge is 0.197 e. The van der Waals surface area contributed by atoms with Gasteiger partial charge < -0.3 is 0 Å². The van der Waals surface area contributed by atoms with Crippen LogP contribution in [0.4, 0.5) is 0 Å². The number of hydrogen-bond acceptors (Lipinski definition) is 2. The van der Waals surface area contributed by atoms with E-state index >= 15 is 0 Å². The van der Waals surface area contributed by atoms with Crippen LogP contribution >= 0.6 is 0 Å². The first-order valence-electron chi connectivity index (χ1n) is 15.9. The number of rotatable bonds is 3. The Kier molecular flexibility index (Phi) is 21.8. The third-order valence-corrected chi connectivity index (χ3v) is 7.63. The van der Waals surface area contributed by atoms with Crippen LogP contribution in [0.2, 0.25) is 0 Å². The minimum atomic E-state index is -0.806. The lowest BCUT2D eigenvalue weighted by Crippen LogP contribution is -2.18. The molecule has 0 bridgehead atoms. The van der Waals surface area contributed by atoms with Crippen molar-refractivity contribution in [1.29, 1.82) is 10.5 Å². The Hall–Kier alpha value is -4.14. The van der Waals surface area contributed by atoms with Crippen molar-refractivity contribution in [2.45, 2.75) is 128 Å². The smallest absolute Gasteiger partial charge is 0.138 e. The molecule has 0 aliphatic carbocycles. The van der Waals surface area contributed by atoms with E-state index < -0.39 is 5.41 Å². The molecule has 2 nitrogen and oxygen atoms in total. The fourth-order valence-corrected chi connectivity index (χ4v) is 4.21. The molecule has 0 N–H and O–H groups in total. The summed E-state index contributed by atoms with van der Waals surface area (Å²) in [5.41, 5.74) is 6.75. The van der Waals surface area contributed by atoms with E-state index in [4.69, 9.17) is 10.5 Å². The number of benzene rings is 4. The van der Waals surface area contributed by atoms with Gasteiger partial charge in [-0.2, -0.15) is 10.5 Å². The summed E-state index contributed by atoms with van der Waals surface area (Å²) in [6.45, 7) is 25.6. The van der Waals surface area contributed by atoms with Crippen molar-refractivity contribution >= 4 is 0 Å². The van der Waals surface area contributed by atoms with Crippen LogP contribution in [-0.2, 0) is 16.2 Å². The molecule has 0 atom stereocenters. The van der Waals surface area contributed by atoms with Crippen LogP contribution < -0.4 is 0 Å². The van der Waals surface area contributed by atoms with Crippen LogP contribution in [0.5, 0.6) is 0 Å². The first-order chi connectivity index (χ1) is 20.8. The molecular weight excluding hydrogens is 581 g/mol. The summed E-state index contributed by atoms with van der Waals surface area (Å²) in [7, 11) is 0. The zero-order valence-corrected chi connectivity index (χ0v) is 29.9. The lowest BCUT2D eigenvalue weighted by Gasteiger charge is -2.25. The van der Waals surface area contributed by atoms with E-state index in [1.54, 1.807) is 13.8 Å². The minimum absolute atomic E-state index is 0. The highest BCUT2D eigenvalue weighted by Gasteiger charge is 2.22. The Morgan fingerprint density at radius 3 is 0.875 bits per heavy atom. The summed E-state index contributed by atoms with van der Waals surface area (Å²) in [4.78, 5) is 0. The van der Waals surface area contributed by atoms with Crippen molar-refractivity contribution in [3.05, 3.63) is 143 Å². The van der Waals surface area contributed by atoms with Gasteiger partial charge >= 0.3 is 0 Å². The number of nitriles is 2. The maximum absolute atomic E-state index is 8.12. The Balaban J connectivity index is -0.000000573. The molecule has 0 fully saturated rings. The maximum Gasteiger partial charge on any atom is 0.138 e. The number of nitrogens with zero attached hydrogens (tertiary/aromatic N) is 2. The lowest BCUT2D eigenvalue weighted by atomic mass is 9.78. The van der Waals surface area contributed by atoms with E-state index in [0.717, 1.165) is 0 Å². The van der Waals surface area contributed by atoms with Crippen molar-refractivity contribution in [2.75, 3.05) is 0 Å². The highest BCUT2D eigenvalue weighted by atomic mass is 14.4. The quantitative estimate of drug-likeness (QED) is 0.222. The molecule has 262 valence electrons. The van der Waals surface area contributed by atoms with Crippen molar-refractivity contribution < 1.29 is 0 Å². The van der Waals surface area contributed by atoms with Crippen LogP contribution in [0.3, 0.4) is 0 Å². The second-order valence-corrected chi connectivity index (χ2v) is 14.8. The van der Waals surface area contributed by atoms with Crippen LogP contribution in [-0.4, -0.2) is 0 Å². The molecule has 0 heterocycles. The molecule has 0 saturated heterocycles. The topological polar surface area (TPSA) is 47.6 Å². The average Bonchev–Trinajstić information content (AvgIpc) is 3.02. The summed E-state index contributed by atoms with van der Waals surface area (Å²) in [5.74, 6) is 0.659. The van der Waals surface area contributed by atoms with E-state index in [0.29, 0.717) is 5.92 Å². The Bertz CT molecular complexity index is 1360. The van der Waals surface area contributed by atoms with Gasteiger partial charge in [-0.15, -0.1) is 0 Å².